The van der Waals surface area contributed by atoms with E-state index >= 15 is 0 Å². The largest absolute Gasteiger partial charge is 0.472 e. The van der Waals surface area contributed by atoms with Gasteiger partial charge in [0.05, 0.1) is 12.5 Å². The normalized spacial score (nSPS) is 11.2. The zero-order valence-electron chi connectivity index (χ0n) is 10.5. The first-order chi connectivity index (χ1) is 9.33. The van der Waals surface area contributed by atoms with Crippen LogP contribution in [0.2, 0.25) is 0 Å². The Labute approximate surface area is 110 Å². The summed E-state index contributed by atoms with van der Waals surface area (Å²) in [6, 6.07) is 8.76. The van der Waals surface area contributed by atoms with Gasteiger partial charge < -0.3 is 14.3 Å². The molecule has 0 fully saturated rings. The molecule has 19 heavy (non-hydrogen) atoms. The Hall–Kier alpha value is -2.07. The van der Waals surface area contributed by atoms with Crippen LogP contribution in [0.1, 0.15) is 5.56 Å². The highest BCUT2D eigenvalue weighted by atomic mass is 19.1. The minimum absolute atomic E-state index is 0.191. The molecule has 3 rings (SSSR count). The van der Waals surface area contributed by atoms with Gasteiger partial charge in [-0.25, -0.2) is 4.39 Å². The van der Waals surface area contributed by atoms with Crippen LogP contribution in [0.3, 0.4) is 0 Å². The molecule has 2 heterocycles. The van der Waals surface area contributed by atoms with Crippen molar-refractivity contribution in [1.29, 1.82) is 0 Å². The second-order valence-corrected chi connectivity index (χ2v) is 4.52. The van der Waals surface area contributed by atoms with E-state index in [-0.39, 0.29) is 5.82 Å². The van der Waals surface area contributed by atoms with Crippen molar-refractivity contribution < 1.29 is 8.81 Å². The number of nitrogens with zero attached hydrogens (tertiary/aromatic N) is 1. The maximum atomic E-state index is 13.1. The van der Waals surface area contributed by atoms with Crippen LogP contribution in [0.15, 0.2) is 53.5 Å². The van der Waals surface area contributed by atoms with E-state index in [9.17, 15) is 4.39 Å². The maximum absolute atomic E-state index is 13.1. The number of furan rings is 1. The summed E-state index contributed by atoms with van der Waals surface area (Å²) in [5, 5.41) is 4.29. The fourth-order valence-corrected chi connectivity index (χ4v) is 2.19. The molecule has 0 radical (unpaired) electrons. The molecule has 0 saturated heterocycles. The molecule has 0 aliphatic heterocycles. The number of hydrogen-bond donors (Lipinski definition) is 1. The van der Waals surface area contributed by atoms with Gasteiger partial charge in [0.2, 0.25) is 0 Å². The van der Waals surface area contributed by atoms with Crippen LogP contribution >= 0.6 is 0 Å². The molecule has 4 heteroatoms. The predicted molar refractivity (Wildman–Crippen MR) is 72.3 cm³/mol. The van der Waals surface area contributed by atoms with Gasteiger partial charge in [0.1, 0.15) is 5.82 Å². The molecule has 98 valence electrons. The van der Waals surface area contributed by atoms with E-state index in [1.54, 1.807) is 18.6 Å². The molecule has 0 spiro atoms. The highest BCUT2D eigenvalue weighted by molar-refractivity contribution is 5.80. The van der Waals surface area contributed by atoms with Crippen LogP contribution < -0.4 is 5.32 Å². The summed E-state index contributed by atoms with van der Waals surface area (Å²) in [5.74, 6) is -0.191. The Balaban J connectivity index is 1.59. The fourth-order valence-electron chi connectivity index (χ4n) is 2.19. The number of benzene rings is 1. The lowest BCUT2D eigenvalue weighted by Gasteiger charge is -2.06. The van der Waals surface area contributed by atoms with E-state index in [1.165, 1.54) is 6.07 Å². The van der Waals surface area contributed by atoms with Gasteiger partial charge in [0.25, 0.3) is 0 Å². The van der Waals surface area contributed by atoms with E-state index in [2.05, 4.69) is 9.88 Å². The third kappa shape index (κ3) is 2.69. The third-order valence-corrected chi connectivity index (χ3v) is 3.17. The summed E-state index contributed by atoms with van der Waals surface area (Å²) in [4.78, 5) is 0. The molecule has 1 N–H and O–H groups in total. The minimum Gasteiger partial charge on any atom is -0.472 e. The first-order valence-corrected chi connectivity index (χ1v) is 6.29. The Morgan fingerprint density at radius 3 is 3.00 bits per heavy atom. The number of halogens is 1. The Morgan fingerprint density at radius 1 is 1.21 bits per heavy atom. The van der Waals surface area contributed by atoms with Gasteiger partial charge >= 0.3 is 0 Å². The topological polar surface area (TPSA) is 30.1 Å². The van der Waals surface area contributed by atoms with E-state index in [0.29, 0.717) is 0 Å². The summed E-state index contributed by atoms with van der Waals surface area (Å²) in [5.41, 5.74) is 2.20. The van der Waals surface area contributed by atoms with Crippen molar-refractivity contribution in [3.05, 3.63) is 60.4 Å². The van der Waals surface area contributed by atoms with Crippen LogP contribution in [0.4, 0.5) is 4.39 Å². The summed E-state index contributed by atoms with van der Waals surface area (Å²) in [6.45, 7) is 2.50. The lowest BCUT2D eigenvalue weighted by atomic mass is 10.2. The summed E-state index contributed by atoms with van der Waals surface area (Å²) in [6.07, 6.45) is 5.40. The molecule has 3 nitrogen and oxygen atoms in total. The highest BCUT2D eigenvalue weighted by Crippen LogP contribution is 2.16. The summed E-state index contributed by atoms with van der Waals surface area (Å²) < 4.78 is 20.2. The maximum Gasteiger partial charge on any atom is 0.123 e. The molecule has 0 unspecified atom stereocenters. The Bertz CT molecular complexity index is 658. The van der Waals surface area contributed by atoms with E-state index < -0.39 is 0 Å². The van der Waals surface area contributed by atoms with E-state index in [0.717, 1.165) is 36.1 Å². The molecule has 2 aromatic heterocycles. The predicted octanol–water partition coefficient (Wildman–Crippen LogP) is 3.16. The highest BCUT2D eigenvalue weighted by Gasteiger charge is 2.02. The van der Waals surface area contributed by atoms with Crippen molar-refractivity contribution in [2.24, 2.45) is 0 Å². The van der Waals surface area contributed by atoms with Gasteiger partial charge in [-0.15, -0.1) is 0 Å². The van der Waals surface area contributed by atoms with Crippen LogP contribution in [-0.2, 0) is 13.1 Å². The van der Waals surface area contributed by atoms with Gasteiger partial charge in [-0.2, -0.15) is 0 Å². The quantitative estimate of drug-likeness (QED) is 0.712. The molecule has 0 aliphatic rings. The van der Waals surface area contributed by atoms with Gasteiger partial charge in [0, 0.05) is 42.3 Å². The number of rotatable bonds is 5. The van der Waals surface area contributed by atoms with Gasteiger partial charge in [-0.05, 0) is 30.3 Å². The lowest BCUT2D eigenvalue weighted by Crippen LogP contribution is -2.18. The van der Waals surface area contributed by atoms with Crippen LogP contribution in [-0.4, -0.2) is 11.1 Å². The monoisotopic (exact) mass is 258 g/mol. The van der Waals surface area contributed by atoms with Gasteiger partial charge in [-0.1, -0.05) is 0 Å². The zero-order chi connectivity index (χ0) is 13.1. The molecule has 1 aromatic carbocycles. The van der Waals surface area contributed by atoms with Crippen LogP contribution in [0.25, 0.3) is 10.9 Å². The van der Waals surface area contributed by atoms with Crippen molar-refractivity contribution >= 4 is 10.9 Å². The molecule has 0 bridgehead atoms. The van der Waals surface area contributed by atoms with Gasteiger partial charge in [-0.3, -0.25) is 0 Å². The van der Waals surface area contributed by atoms with E-state index in [1.807, 2.05) is 24.4 Å². The van der Waals surface area contributed by atoms with Crippen molar-refractivity contribution in [2.45, 2.75) is 13.1 Å². The zero-order valence-corrected chi connectivity index (χ0v) is 10.5. The van der Waals surface area contributed by atoms with Gasteiger partial charge in [0.15, 0.2) is 0 Å². The molecule has 0 aliphatic carbocycles. The number of fused-ring (bicyclic) bond motifs is 1. The molecular weight excluding hydrogens is 243 g/mol. The number of aromatic nitrogens is 1. The van der Waals surface area contributed by atoms with Crippen molar-refractivity contribution in [3.8, 4) is 0 Å². The van der Waals surface area contributed by atoms with Crippen LogP contribution in [0.5, 0.6) is 0 Å². The van der Waals surface area contributed by atoms with Crippen molar-refractivity contribution in [1.82, 2.24) is 9.88 Å². The van der Waals surface area contributed by atoms with Crippen LogP contribution in [0, 0.1) is 5.82 Å². The minimum atomic E-state index is -0.191. The summed E-state index contributed by atoms with van der Waals surface area (Å²) in [7, 11) is 0. The second kappa shape index (κ2) is 5.28. The SMILES string of the molecule is Fc1ccc2c(ccn2CCNCc2ccoc2)c1. The lowest BCUT2D eigenvalue weighted by molar-refractivity contribution is 0.557. The van der Waals surface area contributed by atoms with Crippen molar-refractivity contribution in [2.75, 3.05) is 6.54 Å². The van der Waals surface area contributed by atoms with Crippen molar-refractivity contribution in [3.63, 3.8) is 0 Å². The number of hydrogen-bond acceptors (Lipinski definition) is 2. The smallest absolute Gasteiger partial charge is 0.123 e. The average Bonchev–Trinajstić information content (AvgIpc) is 3.03. The molecule has 0 atom stereocenters. The average molecular weight is 258 g/mol. The number of nitrogens with one attached hydrogen (secondary N) is 1. The molecule has 0 saturated carbocycles. The summed E-state index contributed by atoms with van der Waals surface area (Å²) >= 11 is 0. The first-order valence-electron chi connectivity index (χ1n) is 6.29. The van der Waals surface area contributed by atoms with E-state index in [4.69, 9.17) is 4.42 Å². The molecule has 3 aromatic rings. The Morgan fingerprint density at radius 2 is 2.16 bits per heavy atom. The second-order valence-electron chi connectivity index (χ2n) is 4.52. The third-order valence-electron chi connectivity index (χ3n) is 3.17. The first kappa shape index (κ1) is 12.0. The standard InChI is InChI=1S/C15H15FN2O/c16-14-1-2-15-13(9-14)3-6-18(15)7-5-17-10-12-4-8-19-11-12/h1-4,6,8-9,11,17H,5,7,10H2. The molecule has 0 amide bonds. The Kier molecular flexibility index (Phi) is 3.33. The molecular formula is C15H15FN2O. The fraction of sp³-hybridized carbons (Fsp3) is 0.200.